The Morgan fingerprint density at radius 1 is 0.833 bits per heavy atom. The van der Waals surface area contributed by atoms with Gasteiger partial charge in [-0.3, -0.25) is 0 Å². The van der Waals surface area contributed by atoms with Crippen LogP contribution in [0.1, 0.15) is 0 Å². The number of benzene rings is 1. The second-order valence-electron chi connectivity index (χ2n) is 4.10. The van der Waals surface area contributed by atoms with Crippen LogP contribution >= 0.6 is 0 Å². The molecule has 3 rings (SSSR count). The first kappa shape index (κ1) is 10.5. The van der Waals surface area contributed by atoms with Crippen LogP contribution in [0.5, 0.6) is 0 Å². The molecule has 0 saturated carbocycles. The number of anilines is 2. The molecule has 0 amide bonds. The molecule has 4 nitrogen and oxygen atoms in total. The summed E-state index contributed by atoms with van der Waals surface area (Å²) in [6.45, 7) is 0. The molecule has 0 unspecified atom stereocenters. The maximum absolute atomic E-state index is 5.88. The number of nitrogen functional groups attached to an aromatic ring is 2. The number of fused-ring (bicyclic) bond motifs is 1. The molecule has 18 heavy (non-hydrogen) atoms. The zero-order chi connectivity index (χ0) is 12.5. The van der Waals surface area contributed by atoms with E-state index in [-0.39, 0.29) is 0 Å². The Hall–Kier alpha value is -2.62. The molecular weight excluding hydrogens is 224 g/mol. The fourth-order valence-corrected chi connectivity index (χ4v) is 1.95. The van der Waals surface area contributed by atoms with Crippen LogP contribution in [-0.2, 0) is 0 Å². The summed E-state index contributed by atoms with van der Waals surface area (Å²) < 4.78 is 0. The Balaban J connectivity index is 2.18. The number of nitrogens with zero attached hydrogens (tertiary/aromatic N) is 2. The van der Waals surface area contributed by atoms with Gasteiger partial charge in [0, 0.05) is 23.3 Å². The highest BCUT2D eigenvalue weighted by atomic mass is 14.8. The zero-order valence-corrected chi connectivity index (χ0v) is 9.67. The minimum atomic E-state index is 0.515. The van der Waals surface area contributed by atoms with Crippen molar-refractivity contribution >= 4 is 22.4 Å². The van der Waals surface area contributed by atoms with E-state index in [0.717, 1.165) is 21.9 Å². The quantitative estimate of drug-likeness (QED) is 0.680. The first-order valence-electron chi connectivity index (χ1n) is 5.60. The van der Waals surface area contributed by atoms with Crippen molar-refractivity contribution in [3.05, 3.63) is 48.8 Å². The zero-order valence-electron chi connectivity index (χ0n) is 9.67. The van der Waals surface area contributed by atoms with Crippen LogP contribution in [0.2, 0.25) is 0 Å². The van der Waals surface area contributed by atoms with E-state index in [0.29, 0.717) is 11.6 Å². The number of aromatic nitrogens is 2. The van der Waals surface area contributed by atoms with E-state index < -0.39 is 0 Å². The monoisotopic (exact) mass is 236 g/mol. The van der Waals surface area contributed by atoms with Gasteiger partial charge in [0.05, 0.1) is 0 Å². The van der Waals surface area contributed by atoms with Crippen LogP contribution in [0.3, 0.4) is 0 Å². The second kappa shape index (κ2) is 4.00. The average molecular weight is 236 g/mol. The van der Waals surface area contributed by atoms with Crippen LogP contribution in [0.25, 0.3) is 21.9 Å². The van der Waals surface area contributed by atoms with Crippen LogP contribution in [0.4, 0.5) is 11.6 Å². The highest BCUT2D eigenvalue weighted by Crippen LogP contribution is 2.26. The van der Waals surface area contributed by atoms with Crippen LogP contribution in [0, 0.1) is 0 Å². The fraction of sp³-hybridized carbons (Fsp3) is 0. The van der Waals surface area contributed by atoms with E-state index in [9.17, 15) is 0 Å². The van der Waals surface area contributed by atoms with Gasteiger partial charge in [0.2, 0.25) is 0 Å². The molecule has 0 bridgehead atoms. The molecule has 0 radical (unpaired) electrons. The van der Waals surface area contributed by atoms with Gasteiger partial charge in [-0.05, 0) is 35.2 Å². The predicted molar refractivity (Wildman–Crippen MR) is 73.8 cm³/mol. The fourth-order valence-electron chi connectivity index (χ4n) is 1.95. The van der Waals surface area contributed by atoms with Gasteiger partial charge in [0.15, 0.2) is 0 Å². The van der Waals surface area contributed by atoms with E-state index in [4.69, 9.17) is 11.5 Å². The van der Waals surface area contributed by atoms with E-state index in [1.165, 1.54) is 0 Å². The van der Waals surface area contributed by atoms with Crippen molar-refractivity contribution in [2.75, 3.05) is 11.5 Å². The molecule has 0 fully saturated rings. The van der Waals surface area contributed by atoms with Crippen molar-refractivity contribution in [3.8, 4) is 11.1 Å². The van der Waals surface area contributed by atoms with Crippen molar-refractivity contribution in [1.29, 1.82) is 0 Å². The number of rotatable bonds is 1. The van der Waals surface area contributed by atoms with E-state index in [1.807, 2.05) is 30.3 Å². The van der Waals surface area contributed by atoms with Gasteiger partial charge in [-0.2, -0.15) is 0 Å². The molecule has 0 saturated heterocycles. The predicted octanol–water partition coefficient (Wildman–Crippen LogP) is 2.46. The number of hydrogen-bond acceptors (Lipinski definition) is 4. The normalized spacial score (nSPS) is 10.7. The van der Waals surface area contributed by atoms with Crippen LogP contribution in [0.15, 0.2) is 48.8 Å². The van der Waals surface area contributed by atoms with Crippen molar-refractivity contribution in [3.63, 3.8) is 0 Å². The third-order valence-electron chi connectivity index (χ3n) is 2.92. The molecule has 2 aromatic heterocycles. The molecular formula is C14H12N4. The molecule has 3 aromatic rings. The Labute approximate surface area is 104 Å². The lowest BCUT2D eigenvalue weighted by molar-refractivity contribution is 1.34. The molecule has 1 aromatic carbocycles. The van der Waals surface area contributed by atoms with Gasteiger partial charge in [-0.15, -0.1) is 0 Å². The number of pyridine rings is 2. The summed E-state index contributed by atoms with van der Waals surface area (Å²) in [4.78, 5) is 8.19. The van der Waals surface area contributed by atoms with Crippen LogP contribution in [-0.4, -0.2) is 9.97 Å². The first-order valence-corrected chi connectivity index (χ1v) is 5.60. The van der Waals surface area contributed by atoms with Crippen molar-refractivity contribution in [1.82, 2.24) is 9.97 Å². The molecule has 0 spiro atoms. The van der Waals surface area contributed by atoms with Gasteiger partial charge in [-0.25, -0.2) is 9.97 Å². The lowest BCUT2D eigenvalue weighted by Crippen LogP contribution is -1.92. The maximum atomic E-state index is 5.88. The summed E-state index contributed by atoms with van der Waals surface area (Å²) in [5.74, 6) is 1.05. The molecule has 0 aliphatic heterocycles. The van der Waals surface area contributed by atoms with E-state index in [1.54, 1.807) is 18.5 Å². The summed E-state index contributed by atoms with van der Waals surface area (Å²) in [5, 5.41) is 2.03. The Morgan fingerprint density at radius 2 is 1.67 bits per heavy atom. The summed E-state index contributed by atoms with van der Waals surface area (Å²) in [7, 11) is 0. The summed E-state index contributed by atoms with van der Waals surface area (Å²) in [6.07, 6.45) is 3.46. The Bertz CT molecular complexity index is 705. The lowest BCUT2D eigenvalue weighted by Gasteiger charge is -2.05. The maximum Gasteiger partial charge on any atom is 0.131 e. The van der Waals surface area contributed by atoms with Crippen LogP contribution < -0.4 is 11.5 Å². The highest BCUT2D eigenvalue weighted by molar-refractivity contribution is 5.94. The molecule has 88 valence electrons. The average Bonchev–Trinajstić information content (AvgIpc) is 2.40. The van der Waals surface area contributed by atoms with Gasteiger partial charge >= 0.3 is 0 Å². The smallest absolute Gasteiger partial charge is 0.131 e. The SMILES string of the molecule is Nc1ccc(-c2ccc3ccnc(N)c3c2)cn1. The second-order valence-corrected chi connectivity index (χ2v) is 4.10. The summed E-state index contributed by atoms with van der Waals surface area (Å²) in [6, 6.07) is 11.7. The van der Waals surface area contributed by atoms with E-state index >= 15 is 0 Å². The van der Waals surface area contributed by atoms with Gasteiger partial charge in [0.25, 0.3) is 0 Å². The third kappa shape index (κ3) is 1.73. The minimum absolute atomic E-state index is 0.515. The highest BCUT2D eigenvalue weighted by Gasteiger charge is 2.03. The molecule has 0 aliphatic carbocycles. The lowest BCUT2D eigenvalue weighted by atomic mass is 10.0. The Morgan fingerprint density at radius 3 is 2.44 bits per heavy atom. The third-order valence-corrected chi connectivity index (χ3v) is 2.92. The Kier molecular flexibility index (Phi) is 2.34. The van der Waals surface area contributed by atoms with Gasteiger partial charge < -0.3 is 11.5 Å². The van der Waals surface area contributed by atoms with Gasteiger partial charge in [-0.1, -0.05) is 12.1 Å². The molecule has 0 aliphatic rings. The van der Waals surface area contributed by atoms with Crippen molar-refractivity contribution < 1.29 is 0 Å². The number of nitrogens with two attached hydrogens (primary N) is 2. The van der Waals surface area contributed by atoms with E-state index in [2.05, 4.69) is 9.97 Å². The first-order chi connectivity index (χ1) is 8.74. The van der Waals surface area contributed by atoms with Crippen molar-refractivity contribution in [2.45, 2.75) is 0 Å². The molecule has 0 atom stereocenters. The van der Waals surface area contributed by atoms with Gasteiger partial charge in [0.1, 0.15) is 11.6 Å². The molecule has 4 N–H and O–H groups in total. The summed E-state index contributed by atoms with van der Waals surface area (Å²) in [5.41, 5.74) is 13.5. The standard InChI is InChI=1S/C14H12N4/c15-13-4-3-11(8-18-13)10-2-1-9-5-6-17-14(16)12(9)7-10/h1-8H,(H2,15,18)(H2,16,17). The minimum Gasteiger partial charge on any atom is -0.384 e. The number of hydrogen-bond donors (Lipinski definition) is 2. The largest absolute Gasteiger partial charge is 0.384 e. The molecule has 2 heterocycles. The topological polar surface area (TPSA) is 77.8 Å². The summed E-state index contributed by atoms with van der Waals surface area (Å²) >= 11 is 0. The van der Waals surface area contributed by atoms with Crippen molar-refractivity contribution in [2.24, 2.45) is 0 Å². The molecule has 4 heteroatoms.